The maximum atomic E-state index is 12.4. The molecule has 11 nitrogen and oxygen atoms in total. The van der Waals surface area contributed by atoms with Gasteiger partial charge in [-0.1, -0.05) is 31.5 Å². The van der Waals surface area contributed by atoms with E-state index in [0.29, 0.717) is 24.1 Å². The van der Waals surface area contributed by atoms with Crippen molar-refractivity contribution in [2.24, 2.45) is 5.92 Å². The summed E-state index contributed by atoms with van der Waals surface area (Å²) in [7, 11) is -3.99. The lowest BCUT2D eigenvalue weighted by Gasteiger charge is -2.16. The molecule has 3 aromatic rings. The molecule has 0 bridgehead atoms. The van der Waals surface area contributed by atoms with Crippen LogP contribution in [0.4, 0.5) is 5.95 Å². The van der Waals surface area contributed by atoms with Crippen LogP contribution in [-0.4, -0.2) is 58.4 Å². The molecule has 3 N–H and O–H groups in total. The molecule has 0 amide bonds. The van der Waals surface area contributed by atoms with Crippen LogP contribution in [-0.2, 0) is 19.0 Å². The van der Waals surface area contributed by atoms with E-state index in [-0.39, 0.29) is 23.4 Å². The van der Waals surface area contributed by atoms with E-state index in [1.807, 2.05) is 20.8 Å². The smallest absolute Gasteiger partial charge is 0.297 e. The number of aryl methyl sites for hydroxylation is 1. The zero-order chi connectivity index (χ0) is 23.8. The van der Waals surface area contributed by atoms with Crippen LogP contribution in [0.15, 0.2) is 40.3 Å². The van der Waals surface area contributed by atoms with Crippen LogP contribution < -0.4 is 10.9 Å². The van der Waals surface area contributed by atoms with Gasteiger partial charge in [0.2, 0.25) is 5.95 Å². The maximum Gasteiger partial charge on any atom is 0.297 e. The highest BCUT2D eigenvalue weighted by molar-refractivity contribution is 7.86. The second kappa shape index (κ2) is 9.21. The number of fused-ring (bicyclic) bond motifs is 1. The number of anilines is 1. The number of hydrogen-bond acceptors (Lipinski definition) is 9. The molecular weight excluding hydrogens is 450 g/mol. The normalized spacial score (nSPS) is 21.2. The topological polar surface area (TPSA) is 148 Å². The van der Waals surface area contributed by atoms with E-state index in [4.69, 9.17) is 8.92 Å². The van der Waals surface area contributed by atoms with Crippen molar-refractivity contribution in [2.75, 3.05) is 18.5 Å². The van der Waals surface area contributed by atoms with Crippen molar-refractivity contribution < 1.29 is 22.4 Å². The fourth-order valence-electron chi connectivity index (χ4n) is 3.49. The minimum absolute atomic E-state index is 0.0302. The summed E-state index contributed by atoms with van der Waals surface area (Å²) >= 11 is 0. The summed E-state index contributed by atoms with van der Waals surface area (Å²) in [6.07, 6.45) is -0.960. The first-order valence-electron chi connectivity index (χ1n) is 10.6. The number of ether oxygens (including phenoxy) is 1. The van der Waals surface area contributed by atoms with Crippen LogP contribution in [0, 0.1) is 12.8 Å². The largest absolute Gasteiger partial charge is 0.390 e. The van der Waals surface area contributed by atoms with Gasteiger partial charge in [0.15, 0.2) is 11.2 Å². The minimum Gasteiger partial charge on any atom is -0.390 e. The molecule has 2 aromatic heterocycles. The number of benzene rings is 1. The van der Waals surface area contributed by atoms with Crippen LogP contribution in [0.1, 0.15) is 32.1 Å². The molecule has 1 aliphatic rings. The van der Waals surface area contributed by atoms with Crippen LogP contribution in [0.2, 0.25) is 0 Å². The molecule has 0 saturated carbocycles. The average molecular weight is 478 g/mol. The summed E-state index contributed by atoms with van der Waals surface area (Å²) < 4.78 is 37.5. The van der Waals surface area contributed by atoms with Crippen molar-refractivity contribution >= 4 is 27.2 Å². The second-order valence-corrected chi connectivity index (χ2v) is 10.1. The molecule has 178 valence electrons. The van der Waals surface area contributed by atoms with Gasteiger partial charge in [0.1, 0.15) is 12.3 Å². The molecule has 1 aliphatic heterocycles. The Morgan fingerprint density at radius 3 is 2.76 bits per heavy atom. The first-order valence-corrected chi connectivity index (χ1v) is 12.0. The first-order chi connectivity index (χ1) is 15.6. The number of nitrogens with one attached hydrogen (secondary N) is 2. The molecule has 3 heterocycles. The van der Waals surface area contributed by atoms with E-state index in [2.05, 4.69) is 20.3 Å². The summed E-state index contributed by atoms with van der Waals surface area (Å²) in [5.41, 5.74) is 0.974. The molecule has 1 fully saturated rings. The SMILES string of the molecule is Cc1ccc(S(=O)(=O)OC[C@H]2O[C@@H](n3cnc4c(=O)[nH]c(NCC(C)C)nc43)C[C@@H]2O)cc1. The van der Waals surface area contributed by atoms with Crippen molar-refractivity contribution in [1.29, 1.82) is 0 Å². The predicted octanol–water partition coefficient (Wildman–Crippen LogP) is 1.55. The molecule has 33 heavy (non-hydrogen) atoms. The lowest BCUT2D eigenvalue weighted by atomic mass is 10.2. The standard InChI is InChI=1S/C21H27N5O6S/c1-12(2)9-22-21-24-19-18(20(28)25-21)23-11-26(19)17-8-15(27)16(32-17)10-31-33(29,30)14-6-4-13(3)5-7-14/h4-7,11-12,15-17,27H,8-10H2,1-3H3,(H2,22,24,25,28)/t15-,16+,17+/m0/s1. The lowest BCUT2D eigenvalue weighted by Crippen LogP contribution is -2.28. The number of H-pyrrole nitrogens is 1. The van der Waals surface area contributed by atoms with Crippen LogP contribution in [0.3, 0.4) is 0 Å². The summed E-state index contributed by atoms with van der Waals surface area (Å²) in [5, 5.41) is 13.5. The number of aromatic nitrogens is 4. The van der Waals surface area contributed by atoms with Crippen molar-refractivity contribution in [3.05, 3.63) is 46.5 Å². The third-order valence-corrected chi connectivity index (χ3v) is 6.62. The zero-order valence-corrected chi connectivity index (χ0v) is 19.4. The highest BCUT2D eigenvalue weighted by Crippen LogP contribution is 2.31. The molecule has 0 radical (unpaired) electrons. The quantitative estimate of drug-likeness (QED) is 0.411. The fraction of sp³-hybridized carbons (Fsp3) is 0.476. The monoisotopic (exact) mass is 477 g/mol. The van der Waals surface area contributed by atoms with Crippen molar-refractivity contribution in [3.8, 4) is 0 Å². The Balaban J connectivity index is 1.49. The van der Waals surface area contributed by atoms with Gasteiger partial charge in [-0.05, 0) is 25.0 Å². The molecule has 0 unspecified atom stereocenters. The third-order valence-electron chi connectivity index (χ3n) is 5.32. The Labute approximate surface area is 190 Å². The number of aromatic amines is 1. The first kappa shape index (κ1) is 23.4. The van der Waals surface area contributed by atoms with Crippen molar-refractivity contribution in [1.82, 2.24) is 19.5 Å². The van der Waals surface area contributed by atoms with Crippen LogP contribution in [0.5, 0.6) is 0 Å². The minimum atomic E-state index is -3.99. The molecule has 1 saturated heterocycles. The predicted molar refractivity (Wildman–Crippen MR) is 120 cm³/mol. The summed E-state index contributed by atoms with van der Waals surface area (Å²) in [6.45, 7) is 6.18. The number of hydrogen-bond donors (Lipinski definition) is 3. The third kappa shape index (κ3) is 5.08. The molecule has 1 aromatic carbocycles. The van der Waals surface area contributed by atoms with Gasteiger partial charge in [0.25, 0.3) is 15.7 Å². The van der Waals surface area contributed by atoms with E-state index in [1.165, 1.54) is 18.5 Å². The van der Waals surface area contributed by atoms with E-state index < -0.39 is 34.1 Å². The zero-order valence-electron chi connectivity index (χ0n) is 18.6. The highest BCUT2D eigenvalue weighted by atomic mass is 32.2. The number of aliphatic hydroxyl groups is 1. The summed E-state index contributed by atoms with van der Waals surface area (Å²) in [6, 6.07) is 6.28. The van der Waals surface area contributed by atoms with Gasteiger partial charge in [-0.15, -0.1) is 0 Å². The Morgan fingerprint density at radius 2 is 2.06 bits per heavy atom. The van der Waals surface area contributed by atoms with Crippen LogP contribution in [0.25, 0.3) is 11.2 Å². The fourth-order valence-corrected chi connectivity index (χ4v) is 4.41. The van der Waals surface area contributed by atoms with Crippen LogP contribution >= 0.6 is 0 Å². The molecular formula is C21H27N5O6S. The Kier molecular flexibility index (Phi) is 6.52. The molecule has 4 rings (SSSR count). The molecule has 0 aliphatic carbocycles. The second-order valence-electron chi connectivity index (χ2n) is 8.50. The maximum absolute atomic E-state index is 12.4. The van der Waals surface area contributed by atoms with Crippen molar-refractivity contribution in [3.63, 3.8) is 0 Å². The number of imidazole rings is 1. The van der Waals surface area contributed by atoms with E-state index >= 15 is 0 Å². The highest BCUT2D eigenvalue weighted by Gasteiger charge is 2.37. The van der Waals surface area contributed by atoms with Crippen molar-refractivity contribution in [2.45, 2.75) is 50.5 Å². The van der Waals surface area contributed by atoms with Gasteiger partial charge in [0, 0.05) is 13.0 Å². The van der Waals surface area contributed by atoms with E-state index in [1.54, 1.807) is 16.7 Å². The van der Waals surface area contributed by atoms with Gasteiger partial charge in [-0.3, -0.25) is 18.5 Å². The van der Waals surface area contributed by atoms with Gasteiger partial charge in [-0.2, -0.15) is 13.4 Å². The molecule has 3 atom stereocenters. The number of rotatable bonds is 8. The van der Waals surface area contributed by atoms with E-state index in [0.717, 1.165) is 5.56 Å². The molecule has 0 spiro atoms. The molecule has 12 heteroatoms. The average Bonchev–Trinajstić information content (AvgIpc) is 3.34. The Morgan fingerprint density at radius 1 is 1.33 bits per heavy atom. The van der Waals surface area contributed by atoms with E-state index in [9.17, 15) is 18.3 Å². The van der Waals surface area contributed by atoms with Gasteiger partial charge in [-0.25, -0.2) is 4.98 Å². The Hall–Kier alpha value is -2.80. The summed E-state index contributed by atoms with van der Waals surface area (Å²) in [4.78, 5) is 23.6. The lowest BCUT2D eigenvalue weighted by molar-refractivity contribution is -0.0371. The number of aliphatic hydroxyl groups excluding tert-OH is 1. The number of nitrogens with zero attached hydrogens (tertiary/aromatic N) is 3. The summed E-state index contributed by atoms with van der Waals surface area (Å²) in [5.74, 6) is 0.659. The van der Waals surface area contributed by atoms with Gasteiger partial charge in [0.05, 0.1) is 23.9 Å². The van der Waals surface area contributed by atoms with Gasteiger partial charge >= 0.3 is 0 Å². The van der Waals surface area contributed by atoms with Gasteiger partial charge < -0.3 is 15.2 Å². The Bertz CT molecular complexity index is 1280.